The Kier molecular flexibility index (Phi) is 6.89. The van der Waals surface area contributed by atoms with E-state index in [2.05, 4.69) is 44.2 Å². The van der Waals surface area contributed by atoms with Gasteiger partial charge >= 0.3 is 0 Å². The molecule has 3 rings (SSSR count). The molecule has 2 nitrogen and oxygen atoms in total. The maximum absolute atomic E-state index is 6.09. The first-order valence-electron chi connectivity index (χ1n) is 8.84. The van der Waals surface area contributed by atoms with Crippen molar-refractivity contribution in [1.82, 2.24) is 4.73 Å². The lowest BCUT2D eigenvalue weighted by Crippen LogP contribution is -2.15. The van der Waals surface area contributed by atoms with Gasteiger partial charge in [0.15, 0.2) is 3.95 Å². The average Bonchev–Trinajstić information content (AvgIpc) is 3.03. The molecule has 0 N–H and O–H groups in total. The Morgan fingerprint density at radius 3 is 2.52 bits per heavy atom. The van der Waals surface area contributed by atoms with Gasteiger partial charge in [-0.05, 0) is 50.2 Å². The molecule has 0 spiro atoms. The van der Waals surface area contributed by atoms with E-state index in [1.54, 1.807) is 4.73 Å². The third-order valence-corrected chi connectivity index (χ3v) is 5.62. The van der Waals surface area contributed by atoms with E-state index in [0.29, 0.717) is 21.5 Å². The number of aromatic nitrogens is 1. The van der Waals surface area contributed by atoms with Crippen molar-refractivity contribution in [2.24, 2.45) is 0 Å². The SMILES string of the molecule is CC(C)=CC(CCOn1c(-c2ccc(Cl)cc2)csc1=S)c1ccccc1. The number of rotatable bonds is 7. The van der Waals surface area contributed by atoms with Crippen molar-refractivity contribution < 1.29 is 4.84 Å². The predicted octanol–water partition coefficient (Wildman–Crippen LogP) is 7.17. The zero-order valence-electron chi connectivity index (χ0n) is 15.4. The minimum absolute atomic E-state index is 0.322. The first-order chi connectivity index (χ1) is 13.0. The minimum atomic E-state index is 0.322. The van der Waals surface area contributed by atoms with E-state index in [1.807, 2.05) is 35.7 Å². The Morgan fingerprint density at radius 2 is 1.85 bits per heavy atom. The van der Waals surface area contributed by atoms with Gasteiger partial charge in [-0.25, -0.2) is 0 Å². The highest BCUT2D eigenvalue weighted by molar-refractivity contribution is 7.73. The summed E-state index contributed by atoms with van der Waals surface area (Å²) in [7, 11) is 0. The minimum Gasteiger partial charge on any atom is -0.412 e. The summed E-state index contributed by atoms with van der Waals surface area (Å²) in [5.41, 5.74) is 4.60. The van der Waals surface area contributed by atoms with Crippen LogP contribution in [-0.4, -0.2) is 11.3 Å². The molecule has 5 heteroatoms. The van der Waals surface area contributed by atoms with Crippen LogP contribution in [0.2, 0.25) is 5.02 Å². The number of nitrogens with zero attached hydrogens (tertiary/aromatic N) is 1. The van der Waals surface area contributed by atoms with Crippen molar-refractivity contribution in [3.05, 3.63) is 86.2 Å². The van der Waals surface area contributed by atoms with Crippen LogP contribution in [0.5, 0.6) is 0 Å². The number of thiazole rings is 1. The number of allylic oxidation sites excluding steroid dienone is 2. The lowest BCUT2D eigenvalue weighted by atomic mass is 9.94. The van der Waals surface area contributed by atoms with Crippen molar-refractivity contribution in [2.45, 2.75) is 26.2 Å². The molecule has 0 aliphatic rings. The Labute approximate surface area is 174 Å². The Hall–Kier alpha value is -1.88. The van der Waals surface area contributed by atoms with E-state index in [1.165, 1.54) is 22.5 Å². The fraction of sp³-hybridized carbons (Fsp3) is 0.227. The second-order valence-corrected chi connectivity index (χ2v) is 8.51. The van der Waals surface area contributed by atoms with Crippen molar-refractivity contribution in [1.29, 1.82) is 0 Å². The van der Waals surface area contributed by atoms with Gasteiger partial charge in [-0.1, -0.05) is 65.7 Å². The first kappa shape index (κ1) is 19.9. The van der Waals surface area contributed by atoms with Crippen LogP contribution in [0.25, 0.3) is 11.3 Å². The van der Waals surface area contributed by atoms with E-state index in [0.717, 1.165) is 17.7 Å². The molecule has 0 radical (unpaired) electrons. The van der Waals surface area contributed by atoms with Crippen molar-refractivity contribution in [3.63, 3.8) is 0 Å². The van der Waals surface area contributed by atoms with Gasteiger partial charge in [0.25, 0.3) is 0 Å². The molecule has 0 saturated heterocycles. The average molecular weight is 416 g/mol. The van der Waals surface area contributed by atoms with Crippen LogP contribution in [0.3, 0.4) is 0 Å². The molecule has 1 heterocycles. The van der Waals surface area contributed by atoms with Gasteiger partial charge in [0, 0.05) is 21.9 Å². The van der Waals surface area contributed by atoms with E-state index in [4.69, 9.17) is 28.7 Å². The Morgan fingerprint density at radius 1 is 1.15 bits per heavy atom. The predicted molar refractivity (Wildman–Crippen MR) is 118 cm³/mol. The van der Waals surface area contributed by atoms with Gasteiger partial charge in [0.05, 0.1) is 5.69 Å². The molecule has 0 aliphatic heterocycles. The van der Waals surface area contributed by atoms with Crippen LogP contribution >= 0.6 is 35.2 Å². The summed E-state index contributed by atoms with van der Waals surface area (Å²) in [5, 5.41) is 2.74. The van der Waals surface area contributed by atoms with Crippen molar-refractivity contribution >= 4 is 35.2 Å². The number of halogens is 1. The summed E-state index contributed by atoms with van der Waals surface area (Å²) in [6.45, 7) is 4.84. The van der Waals surface area contributed by atoms with Crippen LogP contribution in [0.4, 0.5) is 0 Å². The summed E-state index contributed by atoms with van der Waals surface area (Å²) in [6, 6.07) is 18.3. The standard InChI is InChI=1S/C22H22ClNOS2/c1-16(2)14-19(17-6-4-3-5-7-17)12-13-25-24-21(15-27-22(24)26)18-8-10-20(23)11-9-18/h3-11,14-15,19H,12-13H2,1-2H3. The third kappa shape index (κ3) is 5.32. The molecule has 0 bridgehead atoms. The largest absolute Gasteiger partial charge is 0.412 e. The highest BCUT2D eigenvalue weighted by atomic mass is 35.5. The smallest absolute Gasteiger partial charge is 0.197 e. The lowest BCUT2D eigenvalue weighted by Gasteiger charge is -2.16. The van der Waals surface area contributed by atoms with Crippen LogP contribution in [0.15, 0.2) is 71.6 Å². The van der Waals surface area contributed by atoms with Gasteiger partial charge in [0.1, 0.15) is 6.61 Å². The summed E-state index contributed by atoms with van der Waals surface area (Å²) in [6.07, 6.45) is 3.18. The van der Waals surface area contributed by atoms with E-state index >= 15 is 0 Å². The molecule has 27 heavy (non-hydrogen) atoms. The number of hydrogen-bond donors (Lipinski definition) is 0. The molecule has 0 saturated carbocycles. The zero-order valence-corrected chi connectivity index (χ0v) is 17.8. The quantitative estimate of drug-likeness (QED) is 0.300. The van der Waals surface area contributed by atoms with Crippen LogP contribution < -0.4 is 4.84 Å². The molecule has 1 aromatic heterocycles. The third-order valence-electron chi connectivity index (χ3n) is 4.21. The van der Waals surface area contributed by atoms with Gasteiger partial charge < -0.3 is 4.84 Å². The van der Waals surface area contributed by atoms with Gasteiger partial charge in [-0.15, -0.1) is 11.3 Å². The molecule has 1 unspecified atom stereocenters. The molecular weight excluding hydrogens is 394 g/mol. The fourth-order valence-electron chi connectivity index (χ4n) is 2.95. The van der Waals surface area contributed by atoms with Crippen molar-refractivity contribution in [3.8, 4) is 11.3 Å². The molecule has 3 aromatic rings. The van der Waals surface area contributed by atoms with E-state index in [-0.39, 0.29) is 0 Å². The van der Waals surface area contributed by atoms with Crippen LogP contribution in [0.1, 0.15) is 31.7 Å². The normalized spacial score (nSPS) is 11.8. The second-order valence-electron chi connectivity index (χ2n) is 6.57. The summed E-state index contributed by atoms with van der Waals surface area (Å²) < 4.78 is 2.46. The summed E-state index contributed by atoms with van der Waals surface area (Å²) in [5.74, 6) is 0.322. The van der Waals surface area contributed by atoms with E-state index in [9.17, 15) is 0 Å². The number of benzene rings is 2. The monoisotopic (exact) mass is 415 g/mol. The zero-order chi connectivity index (χ0) is 19.2. The first-order valence-corrected chi connectivity index (χ1v) is 10.5. The van der Waals surface area contributed by atoms with Crippen LogP contribution in [-0.2, 0) is 0 Å². The lowest BCUT2D eigenvalue weighted by molar-refractivity contribution is 0.109. The molecule has 0 fully saturated rings. The van der Waals surface area contributed by atoms with Crippen LogP contribution in [0, 0.1) is 3.95 Å². The maximum Gasteiger partial charge on any atom is 0.197 e. The van der Waals surface area contributed by atoms with Gasteiger partial charge in [-0.2, -0.15) is 4.73 Å². The highest BCUT2D eigenvalue weighted by Crippen LogP contribution is 2.26. The second kappa shape index (κ2) is 9.36. The molecule has 140 valence electrons. The Balaban J connectivity index is 1.75. The fourth-order valence-corrected chi connectivity index (χ4v) is 4.06. The summed E-state index contributed by atoms with van der Waals surface area (Å²) >= 11 is 13.0. The molecule has 1 atom stereocenters. The van der Waals surface area contributed by atoms with Gasteiger partial charge in [-0.3, -0.25) is 0 Å². The highest BCUT2D eigenvalue weighted by Gasteiger charge is 2.12. The van der Waals surface area contributed by atoms with E-state index < -0.39 is 0 Å². The number of hydrogen-bond acceptors (Lipinski definition) is 3. The molecule has 2 aromatic carbocycles. The molecular formula is C22H22ClNOS2. The Bertz CT molecular complexity index is 954. The van der Waals surface area contributed by atoms with Gasteiger partial charge in [0.2, 0.25) is 0 Å². The van der Waals surface area contributed by atoms with Crippen molar-refractivity contribution in [2.75, 3.05) is 6.61 Å². The molecule has 0 amide bonds. The topological polar surface area (TPSA) is 14.2 Å². The maximum atomic E-state index is 6.09. The summed E-state index contributed by atoms with van der Waals surface area (Å²) in [4.78, 5) is 6.09. The molecule has 0 aliphatic carbocycles.